The third kappa shape index (κ3) is 6.65. The standard InChI is InChI=1S/C24H35N3O4S/c1-4-15-32(30,31)20-11-9-19(10-12-20)21(16-18-7-5-6-8-18)23(28)25-22-13-14-27(26-22)17-24(2,3)29/h9-14,18,21,29H,4-8,15-17H2,1-3H3,(H,25,26,28). The maximum Gasteiger partial charge on any atom is 0.233 e. The molecular weight excluding hydrogens is 426 g/mol. The minimum atomic E-state index is -3.29. The third-order valence-electron chi connectivity index (χ3n) is 5.92. The van der Waals surface area contributed by atoms with Crippen molar-refractivity contribution < 1.29 is 18.3 Å². The number of rotatable bonds is 10. The van der Waals surface area contributed by atoms with Gasteiger partial charge in [-0.3, -0.25) is 9.48 Å². The number of amides is 1. The lowest BCUT2D eigenvalue weighted by Gasteiger charge is -2.20. The van der Waals surface area contributed by atoms with Gasteiger partial charge in [0.25, 0.3) is 0 Å². The van der Waals surface area contributed by atoms with Crippen molar-refractivity contribution in [2.24, 2.45) is 5.92 Å². The molecule has 1 aromatic heterocycles. The van der Waals surface area contributed by atoms with E-state index in [2.05, 4.69) is 10.4 Å². The summed E-state index contributed by atoms with van der Waals surface area (Å²) in [6.07, 6.45) is 7.64. The molecule has 2 aromatic rings. The topological polar surface area (TPSA) is 101 Å². The van der Waals surface area contributed by atoms with E-state index in [-0.39, 0.29) is 17.6 Å². The Kier molecular flexibility index (Phi) is 7.77. The molecule has 2 N–H and O–H groups in total. The number of aliphatic hydroxyl groups is 1. The smallest absolute Gasteiger partial charge is 0.233 e. The predicted molar refractivity (Wildman–Crippen MR) is 125 cm³/mol. The normalized spacial score (nSPS) is 16.2. The Balaban J connectivity index is 1.78. The lowest BCUT2D eigenvalue weighted by Crippen LogP contribution is -2.27. The van der Waals surface area contributed by atoms with Crippen LogP contribution in [0, 0.1) is 5.92 Å². The lowest BCUT2D eigenvalue weighted by atomic mass is 9.87. The molecule has 0 radical (unpaired) electrons. The van der Waals surface area contributed by atoms with Gasteiger partial charge in [-0.05, 0) is 50.3 Å². The van der Waals surface area contributed by atoms with Crippen LogP contribution in [0.1, 0.15) is 70.8 Å². The first kappa shape index (κ1) is 24.5. The van der Waals surface area contributed by atoms with Crippen molar-refractivity contribution in [2.75, 3.05) is 11.1 Å². The molecule has 1 amide bonds. The Morgan fingerprint density at radius 3 is 2.47 bits per heavy atom. The summed E-state index contributed by atoms with van der Waals surface area (Å²) >= 11 is 0. The summed E-state index contributed by atoms with van der Waals surface area (Å²) in [4.78, 5) is 13.6. The number of nitrogens with one attached hydrogen (secondary N) is 1. The van der Waals surface area contributed by atoms with Crippen molar-refractivity contribution in [1.82, 2.24) is 9.78 Å². The zero-order valence-electron chi connectivity index (χ0n) is 19.3. The molecule has 1 fully saturated rings. The Morgan fingerprint density at radius 2 is 1.88 bits per heavy atom. The summed E-state index contributed by atoms with van der Waals surface area (Å²) in [5, 5.41) is 17.3. The van der Waals surface area contributed by atoms with Gasteiger partial charge in [0.05, 0.1) is 28.7 Å². The number of hydrogen-bond acceptors (Lipinski definition) is 5. The number of carbonyl (C=O) groups is 1. The van der Waals surface area contributed by atoms with Gasteiger partial charge in [0.1, 0.15) is 0 Å². The van der Waals surface area contributed by atoms with E-state index in [0.717, 1.165) is 24.8 Å². The van der Waals surface area contributed by atoms with E-state index in [1.165, 1.54) is 12.8 Å². The zero-order valence-corrected chi connectivity index (χ0v) is 20.1. The van der Waals surface area contributed by atoms with Gasteiger partial charge in [0, 0.05) is 12.3 Å². The first-order valence-electron chi connectivity index (χ1n) is 11.5. The summed E-state index contributed by atoms with van der Waals surface area (Å²) < 4.78 is 26.3. The Labute approximate surface area is 191 Å². The number of anilines is 1. The highest BCUT2D eigenvalue weighted by atomic mass is 32.2. The molecule has 1 atom stereocenters. The van der Waals surface area contributed by atoms with Gasteiger partial charge in [-0.1, -0.05) is 44.7 Å². The SMILES string of the molecule is CCCS(=O)(=O)c1ccc(C(CC2CCCC2)C(=O)Nc2ccn(CC(C)(C)O)n2)cc1. The van der Waals surface area contributed by atoms with Crippen LogP contribution in [-0.2, 0) is 21.2 Å². The molecule has 0 saturated heterocycles. The zero-order chi connectivity index (χ0) is 23.4. The number of nitrogens with zero attached hydrogens (tertiary/aromatic N) is 2. The van der Waals surface area contributed by atoms with Crippen LogP contribution >= 0.6 is 0 Å². The summed E-state index contributed by atoms with van der Waals surface area (Å²) in [6, 6.07) is 8.50. The second-order valence-electron chi connectivity index (χ2n) is 9.53. The molecule has 8 heteroatoms. The molecule has 1 unspecified atom stereocenters. The number of carbonyl (C=O) groups excluding carboxylic acids is 1. The molecule has 0 spiro atoms. The van der Waals surface area contributed by atoms with Crippen LogP contribution in [0.3, 0.4) is 0 Å². The molecule has 1 aromatic carbocycles. The van der Waals surface area contributed by atoms with Crippen LogP contribution in [0.15, 0.2) is 41.4 Å². The molecule has 3 rings (SSSR count). The van der Waals surface area contributed by atoms with E-state index in [1.807, 2.05) is 6.92 Å². The van der Waals surface area contributed by atoms with Crippen molar-refractivity contribution in [1.29, 1.82) is 0 Å². The highest BCUT2D eigenvalue weighted by molar-refractivity contribution is 7.91. The molecule has 32 heavy (non-hydrogen) atoms. The van der Waals surface area contributed by atoms with Crippen molar-refractivity contribution in [2.45, 2.75) is 82.3 Å². The monoisotopic (exact) mass is 461 g/mol. The van der Waals surface area contributed by atoms with Crippen LogP contribution in [0.2, 0.25) is 0 Å². The molecule has 176 valence electrons. The quantitative estimate of drug-likeness (QED) is 0.554. The second kappa shape index (κ2) is 10.2. The Bertz CT molecular complexity index is 1000. The molecule has 0 aliphatic heterocycles. The average Bonchev–Trinajstić information content (AvgIpc) is 3.37. The first-order valence-corrected chi connectivity index (χ1v) is 13.1. The number of hydrogen-bond donors (Lipinski definition) is 2. The highest BCUT2D eigenvalue weighted by Gasteiger charge is 2.28. The molecule has 7 nitrogen and oxygen atoms in total. The Morgan fingerprint density at radius 1 is 1.22 bits per heavy atom. The largest absolute Gasteiger partial charge is 0.389 e. The van der Waals surface area contributed by atoms with E-state index in [4.69, 9.17) is 0 Å². The van der Waals surface area contributed by atoms with E-state index in [9.17, 15) is 18.3 Å². The van der Waals surface area contributed by atoms with Crippen LogP contribution in [0.25, 0.3) is 0 Å². The van der Waals surface area contributed by atoms with Gasteiger partial charge in [0.15, 0.2) is 15.7 Å². The first-order chi connectivity index (χ1) is 15.1. The van der Waals surface area contributed by atoms with Gasteiger partial charge >= 0.3 is 0 Å². The number of aromatic nitrogens is 2. The van der Waals surface area contributed by atoms with Crippen LogP contribution in [0.4, 0.5) is 5.82 Å². The average molecular weight is 462 g/mol. The fourth-order valence-corrected chi connectivity index (χ4v) is 5.72. The lowest BCUT2D eigenvalue weighted by molar-refractivity contribution is -0.118. The fourth-order valence-electron chi connectivity index (χ4n) is 4.39. The van der Waals surface area contributed by atoms with Gasteiger partial charge in [-0.15, -0.1) is 0 Å². The molecule has 1 aliphatic rings. The summed E-state index contributed by atoms with van der Waals surface area (Å²) in [6.45, 7) is 5.57. The highest BCUT2D eigenvalue weighted by Crippen LogP contribution is 2.35. The number of sulfone groups is 1. The van der Waals surface area contributed by atoms with Crippen molar-refractivity contribution in [3.63, 3.8) is 0 Å². The van der Waals surface area contributed by atoms with E-state index >= 15 is 0 Å². The van der Waals surface area contributed by atoms with Gasteiger partial charge in [-0.2, -0.15) is 5.10 Å². The fraction of sp³-hybridized carbons (Fsp3) is 0.583. The molecule has 1 aliphatic carbocycles. The third-order valence-corrected chi connectivity index (χ3v) is 7.85. The second-order valence-corrected chi connectivity index (χ2v) is 11.6. The Hall–Kier alpha value is -2.19. The van der Waals surface area contributed by atoms with Crippen molar-refractivity contribution in [3.05, 3.63) is 42.1 Å². The van der Waals surface area contributed by atoms with Crippen LogP contribution in [-0.4, -0.2) is 40.6 Å². The maximum atomic E-state index is 13.3. The summed E-state index contributed by atoms with van der Waals surface area (Å²) in [5.41, 5.74) is -0.0844. The number of benzene rings is 1. The van der Waals surface area contributed by atoms with Crippen molar-refractivity contribution >= 4 is 21.6 Å². The van der Waals surface area contributed by atoms with Gasteiger partial charge in [0.2, 0.25) is 5.91 Å². The molecule has 1 heterocycles. The molecular formula is C24H35N3O4S. The summed E-state index contributed by atoms with van der Waals surface area (Å²) in [7, 11) is -3.29. The van der Waals surface area contributed by atoms with Crippen LogP contribution < -0.4 is 5.32 Å². The van der Waals surface area contributed by atoms with E-state index in [1.54, 1.807) is 55.1 Å². The van der Waals surface area contributed by atoms with Crippen molar-refractivity contribution in [3.8, 4) is 0 Å². The predicted octanol–water partition coefficient (Wildman–Crippen LogP) is 4.14. The van der Waals surface area contributed by atoms with E-state index < -0.39 is 15.4 Å². The maximum absolute atomic E-state index is 13.3. The van der Waals surface area contributed by atoms with Gasteiger partial charge in [-0.25, -0.2) is 8.42 Å². The van der Waals surface area contributed by atoms with E-state index in [0.29, 0.717) is 29.6 Å². The van der Waals surface area contributed by atoms with Gasteiger partial charge < -0.3 is 10.4 Å². The summed E-state index contributed by atoms with van der Waals surface area (Å²) in [5.74, 6) is 0.529. The minimum absolute atomic E-state index is 0.117. The molecule has 0 bridgehead atoms. The minimum Gasteiger partial charge on any atom is -0.389 e. The van der Waals surface area contributed by atoms with Crippen LogP contribution in [0.5, 0.6) is 0 Å². The molecule has 1 saturated carbocycles.